The van der Waals surface area contributed by atoms with Gasteiger partial charge >= 0.3 is 0 Å². The van der Waals surface area contributed by atoms with Gasteiger partial charge in [-0.2, -0.15) is 5.26 Å². The van der Waals surface area contributed by atoms with Crippen molar-refractivity contribution in [3.05, 3.63) is 35.4 Å². The predicted molar refractivity (Wildman–Crippen MR) is 88.3 cm³/mol. The number of hydrogen-bond donors (Lipinski definition) is 2. The zero-order valence-corrected chi connectivity index (χ0v) is 13.5. The van der Waals surface area contributed by atoms with Crippen LogP contribution in [0.1, 0.15) is 37.3 Å². The summed E-state index contributed by atoms with van der Waals surface area (Å²) in [4.78, 5) is 2.48. The van der Waals surface area contributed by atoms with Gasteiger partial charge < -0.3 is 10.4 Å². The lowest BCUT2D eigenvalue weighted by atomic mass is 10.0. The van der Waals surface area contributed by atoms with Crippen molar-refractivity contribution in [2.45, 2.75) is 38.8 Å². The molecule has 0 bridgehead atoms. The van der Waals surface area contributed by atoms with Gasteiger partial charge in [0.2, 0.25) is 0 Å². The number of piperidine rings is 1. The second-order valence-corrected chi connectivity index (χ2v) is 6.38. The van der Waals surface area contributed by atoms with Crippen molar-refractivity contribution in [2.24, 2.45) is 5.92 Å². The molecule has 2 N–H and O–H groups in total. The zero-order valence-electron chi connectivity index (χ0n) is 13.5. The van der Waals surface area contributed by atoms with Crippen LogP contribution < -0.4 is 5.32 Å². The summed E-state index contributed by atoms with van der Waals surface area (Å²) in [7, 11) is 0. The molecule has 0 aliphatic carbocycles. The molecule has 4 nitrogen and oxygen atoms in total. The lowest BCUT2D eigenvalue weighted by Crippen LogP contribution is -2.43. The standard InChI is InChI=1S/C18H27N3O/c1-15(8-11-22)13-20-18-6-9-21(10-7-18)14-17-4-2-16(12-19)3-5-17/h2-5,15,18,20,22H,6-11,13-14H2,1H3. The van der Waals surface area contributed by atoms with E-state index in [2.05, 4.69) is 35.3 Å². The van der Waals surface area contributed by atoms with Gasteiger partial charge in [0.05, 0.1) is 11.6 Å². The number of nitrogens with zero attached hydrogens (tertiary/aromatic N) is 2. The normalized spacial score (nSPS) is 18.0. The summed E-state index contributed by atoms with van der Waals surface area (Å²) in [6.45, 7) is 6.67. The predicted octanol–water partition coefficient (Wildman–Crippen LogP) is 2.13. The summed E-state index contributed by atoms with van der Waals surface area (Å²) in [5, 5.41) is 21.4. The highest BCUT2D eigenvalue weighted by molar-refractivity contribution is 5.31. The maximum Gasteiger partial charge on any atom is 0.0991 e. The second kappa shape index (κ2) is 8.89. The van der Waals surface area contributed by atoms with Gasteiger partial charge in [0, 0.05) is 19.2 Å². The van der Waals surface area contributed by atoms with Crippen LogP contribution in [-0.2, 0) is 6.54 Å². The van der Waals surface area contributed by atoms with E-state index < -0.39 is 0 Å². The van der Waals surface area contributed by atoms with E-state index in [9.17, 15) is 0 Å². The van der Waals surface area contributed by atoms with E-state index >= 15 is 0 Å². The Balaban J connectivity index is 1.69. The van der Waals surface area contributed by atoms with E-state index in [-0.39, 0.29) is 6.61 Å². The van der Waals surface area contributed by atoms with E-state index in [4.69, 9.17) is 10.4 Å². The van der Waals surface area contributed by atoms with Crippen LogP contribution in [0.4, 0.5) is 0 Å². The molecule has 1 unspecified atom stereocenters. The van der Waals surface area contributed by atoms with Gasteiger partial charge in [0.1, 0.15) is 0 Å². The monoisotopic (exact) mass is 301 g/mol. The highest BCUT2D eigenvalue weighted by atomic mass is 16.3. The summed E-state index contributed by atoms with van der Waals surface area (Å²) >= 11 is 0. The summed E-state index contributed by atoms with van der Waals surface area (Å²) < 4.78 is 0. The highest BCUT2D eigenvalue weighted by Gasteiger charge is 2.19. The molecular formula is C18H27N3O. The molecule has 120 valence electrons. The molecule has 0 spiro atoms. The van der Waals surface area contributed by atoms with Crippen molar-refractivity contribution < 1.29 is 5.11 Å². The lowest BCUT2D eigenvalue weighted by molar-refractivity contribution is 0.185. The number of nitrogens with one attached hydrogen (secondary N) is 1. The lowest BCUT2D eigenvalue weighted by Gasteiger charge is -2.33. The first-order chi connectivity index (χ1) is 10.7. The Morgan fingerprint density at radius 3 is 2.59 bits per heavy atom. The number of benzene rings is 1. The van der Waals surface area contributed by atoms with Crippen molar-refractivity contribution in [1.29, 1.82) is 5.26 Å². The summed E-state index contributed by atoms with van der Waals surface area (Å²) in [5.74, 6) is 0.543. The van der Waals surface area contributed by atoms with E-state index in [0.717, 1.165) is 38.2 Å². The first-order valence-electron chi connectivity index (χ1n) is 8.27. The molecule has 1 aliphatic rings. The van der Waals surface area contributed by atoms with Crippen LogP contribution in [0.15, 0.2) is 24.3 Å². The molecule has 1 atom stereocenters. The van der Waals surface area contributed by atoms with Crippen molar-refractivity contribution in [3.8, 4) is 6.07 Å². The average Bonchev–Trinajstić information content (AvgIpc) is 2.55. The summed E-state index contributed by atoms with van der Waals surface area (Å²) in [6, 6.07) is 10.7. The number of likely N-dealkylation sites (tertiary alicyclic amines) is 1. The fraction of sp³-hybridized carbons (Fsp3) is 0.611. The molecule has 4 heteroatoms. The minimum Gasteiger partial charge on any atom is -0.396 e. The Morgan fingerprint density at radius 1 is 1.32 bits per heavy atom. The third-order valence-electron chi connectivity index (χ3n) is 4.45. The summed E-state index contributed by atoms with van der Waals surface area (Å²) in [5.41, 5.74) is 2.01. The Labute approximate surface area is 133 Å². The van der Waals surface area contributed by atoms with Crippen molar-refractivity contribution >= 4 is 0 Å². The first kappa shape index (κ1) is 17.0. The third-order valence-corrected chi connectivity index (χ3v) is 4.45. The van der Waals surface area contributed by atoms with Crippen LogP contribution in [-0.4, -0.2) is 42.3 Å². The maximum absolute atomic E-state index is 8.93. The SMILES string of the molecule is CC(CCO)CNC1CCN(Cc2ccc(C#N)cc2)CC1. The minimum absolute atomic E-state index is 0.284. The van der Waals surface area contributed by atoms with Gasteiger partial charge in [0.15, 0.2) is 0 Å². The number of nitriles is 1. The Bertz CT molecular complexity index is 472. The van der Waals surface area contributed by atoms with Crippen LogP contribution in [0.2, 0.25) is 0 Å². The van der Waals surface area contributed by atoms with Gasteiger partial charge in [-0.05, 0) is 62.5 Å². The van der Waals surface area contributed by atoms with Crippen LogP contribution in [0, 0.1) is 17.2 Å². The Kier molecular flexibility index (Phi) is 6.85. The van der Waals surface area contributed by atoms with Gasteiger partial charge in [-0.1, -0.05) is 19.1 Å². The average molecular weight is 301 g/mol. The van der Waals surface area contributed by atoms with Crippen molar-refractivity contribution in [3.63, 3.8) is 0 Å². The molecule has 1 fully saturated rings. The number of hydrogen-bond acceptors (Lipinski definition) is 4. The quantitative estimate of drug-likeness (QED) is 0.810. The van der Waals surface area contributed by atoms with Crippen LogP contribution in [0.5, 0.6) is 0 Å². The van der Waals surface area contributed by atoms with Crippen molar-refractivity contribution in [2.75, 3.05) is 26.2 Å². The maximum atomic E-state index is 8.93. The fourth-order valence-corrected chi connectivity index (χ4v) is 2.93. The molecule has 22 heavy (non-hydrogen) atoms. The third kappa shape index (κ3) is 5.42. The van der Waals surface area contributed by atoms with E-state index in [1.54, 1.807) is 0 Å². The molecule has 1 heterocycles. The van der Waals surface area contributed by atoms with Crippen LogP contribution in [0.3, 0.4) is 0 Å². The van der Waals surface area contributed by atoms with Gasteiger partial charge in [-0.3, -0.25) is 4.90 Å². The smallest absolute Gasteiger partial charge is 0.0991 e. The number of aliphatic hydroxyl groups excluding tert-OH is 1. The highest BCUT2D eigenvalue weighted by Crippen LogP contribution is 2.15. The van der Waals surface area contributed by atoms with Crippen LogP contribution in [0.25, 0.3) is 0 Å². The summed E-state index contributed by atoms with van der Waals surface area (Å²) in [6.07, 6.45) is 3.24. The number of aliphatic hydroxyl groups is 1. The van der Waals surface area contributed by atoms with E-state index in [0.29, 0.717) is 12.0 Å². The molecule has 0 amide bonds. The molecule has 0 aromatic heterocycles. The van der Waals surface area contributed by atoms with E-state index in [1.807, 2.05) is 12.1 Å². The topological polar surface area (TPSA) is 59.3 Å². The van der Waals surface area contributed by atoms with Gasteiger partial charge in [-0.25, -0.2) is 0 Å². The van der Waals surface area contributed by atoms with Crippen LogP contribution >= 0.6 is 0 Å². The molecule has 1 aromatic rings. The van der Waals surface area contributed by atoms with Gasteiger partial charge in [0.25, 0.3) is 0 Å². The molecule has 1 saturated heterocycles. The number of rotatable bonds is 7. The van der Waals surface area contributed by atoms with E-state index in [1.165, 1.54) is 18.4 Å². The molecule has 1 aromatic carbocycles. The molecule has 0 saturated carbocycles. The molecule has 1 aliphatic heterocycles. The van der Waals surface area contributed by atoms with Gasteiger partial charge in [-0.15, -0.1) is 0 Å². The Hall–Kier alpha value is -1.41. The minimum atomic E-state index is 0.284. The molecule has 0 radical (unpaired) electrons. The zero-order chi connectivity index (χ0) is 15.8. The first-order valence-corrected chi connectivity index (χ1v) is 8.27. The molecular weight excluding hydrogens is 274 g/mol. The largest absolute Gasteiger partial charge is 0.396 e. The second-order valence-electron chi connectivity index (χ2n) is 6.38. The fourth-order valence-electron chi connectivity index (χ4n) is 2.93. The van der Waals surface area contributed by atoms with Crippen molar-refractivity contribution in [1.82, 2.24) is 10.2 Å². The molecule has 2 rings (SSSR count). The Morgan fingerprint density at radius 2 is 2.00 bits per heavy atom.